The van der Waals surface area contributed by atoms with Gasteiger partial charge in [-0.05, 0) is 31.0 Å². The van der Waals surface area contributed by atoms with Crippen molar-refractivity contribution in [2.45, 2.75) is 31.5 Å². The molecule has 1 aromatic heterocycles. The van der Waals surface area contributed by atoms with Gasteiger partial charge in [0.25, 0.3) is 0 Å². The number of hydrogen-bond donors (Lipinski definition) is 3. The van der Waals surface area contributed by atoms with E-state index < -0.39 is 29.3 Å². The lowest BCUT2D eigenvalue weighted by molar-refractivity contribution is -0.137. The van der Waals surface area contributed by atoms with E-state index >= 15 is 0 Å². The number of rotatable bonds is 6. The number of nitrogens with zero attached hydrogens (tertiary/aromatic N) is 4. The van der Waals surface area contributed by atoms with Crippen LogP contribution in [-0.4, -0.2) is 54.3 Å². The molecular weight excluding hydrogens is 490 g/mol. The lowest BCUT2D eigenvalue weighted by Crippen LogP contribution is -2.46. The van der Waals surface area contributed by atoms with E-state index in [1.807, 2.05) is 24.3 Å². The molecule has 37 heavy (non-hydrogen) atoms. The molecule has 0 spiro atoms. The number of fused-ring (bicyclic) bond motifs is 1. The standard InChI is InChI=1S/C25H25F4N7O/c1-31-21(8-11-30)22-17-4-2-3-5-18(17)23(35-34-22)36-12-9-16(10-13-36)32-24(37)33-20-7-6-15(26)14-19(20)25(27,28)29/h2-7,11,14,16,30H,8-10,12-13H2,1H3,(H2,32,33,37). The van der Waals surface area contributed by atoms with Gasteiger partial charge in [0.15, 0.2) is 5.82 Å². The Bertz CT molecular complexity index is 1330. The Morgan fingerprint density at radius 3 is 2.51 bits per heavy atom. The normalized spacial score (nSPS) is 15.1. The highest BCUT2D eigenvalue weighted by atomic mass is 19.4. The van der Waals surface area contributed by atoms with Crippen LogP contribution < -0.4 is 15.5 Å². The third kappa shape index (κ3) is 5.84. The Kier molecular flexibility index (Phi) is 7.65. The number of carbonyl (C=O) groups is 1. The molecule has 0 bridgehead atoms. The predicted octanol–water partition coefficient (Wildman–Crippen LogP) is 5.04. The quantitative estimate of drug-likeness (QED) is 0.316. The summed E-state index contributed by atoms with van der Waals surface area (Å²) in [4.78, 5) is 18.7. The predicted molar refractivity (Wildman–Crippen MR) is 134 cm³/mol. The van der Waals surface area contributed by atoms with Crippen molar-refractivity contribution < 1.29 is 22.4 Å². The smallest absolute Gasteiger partial charge is 0.354 e. The van der Waals surface area contributed by atoms with E-state index in [1.165, 1.54) is 6.21 Å². The molecular formula is C25H25F4N7O. The molecule has 2 aromatic carbocycles. The van der Waals surface area contributed by atoms with Gasteiger partial charge < -0.3 is 20.9 Å². The van der Waals surface area contributed by atoms with E-state index in [4.69, 9.17) is 5.41 Å². The molecule has 1 saturated heterocycles. The average Bonchev–Trinajstić information content (AvgIpc) is 2.88. The topological polar surface area (TPSA) is 106 Å². The minimum atomic E-state index is -4.81. The Morgan fingerprint density at radius 2 is 1.86 bits per heavy atom. The number of nitrogens with one attached hydrogen (secondary N) is 3. The fourth-order valence-corrected chi connectivity index (χ4v) is 4.37. The van der Waals surface area contributed by atoms with Gasteiger partial charge in [0.1, 0.15) is 11.5 Å². The minimum absolute atomic E-state index is 0.268. The van der Waals surface area contributed by atoms with Crippen LogP contribution in [0.4, 0.5) is 33.9 Å². The molecule has 1 aliphatic heterocycles. The van der Waals surface area contributed by atoms with Crippen molar-refractivity contribution in [3.8, 4) is 0 Å². The lowest BCUT2D eigenvalue weighted by Gasteiger charge is -2.33. The Morgan fingerprint density at radius 1 is 1.16 bits per heavy atom. The van der Waals surface area contributed by atoms with Gasteiger partial charge in [-0.2, -0.15) is 13.2 Å². The number of aromatic nitrogens is 2. The lowest BCUT2D eigenvalue weighted by atomic mass is 10.0. The second kappa shape index (κ2) is 10.9. The highest BCUT2D eigenvalue weighted by Crippen LogP contribution is 2.35. The summed E-state index contributed by atoms with van der Waals surface area (Å²) in [7, 11) is 1.65. The number of amides is 2. The number of anilines is 2. The molecule has 3 aromatic rings. The van der Waals surface area contributed by atoms with Crippen molar-refractivity contribution in [3.05, 3.63) is 59.5 Å². The van der Waals surface area contributed by atoms with E-state index in [0.717, 1.165) is 22.9 Å². The average molecular weight is 516 g/mol. The van der Waals surface area contributed by atoms with E-state index in [9.17, 15) is 22.4 Å². The third-order valence-corrected chi connectivity index (χ3v) is 6.17. The molecule has 2 heterocycles. The monoisotopic (exact) mass is 515 g/mol. The summed E-state index contributed by atoms with van der Waals surface area (Å²) in [6, 6.07) is 8.73. The Hall–Kier alpha value is -4.09. The van der Waals surface area contributed by atoms with Crippen molar-refractivity contribution in [3.63, 3.8) is 0 Å². The molecule has 1 aliphatic rings. The van der Waals surface area contributed by atoms with E-state index in [-0.39, 0.29) is 6.04 Å². The highest BCUT2D eigenvalue weighted by molar-refractivity contribution is 6.14. The van der Waals surface area contributed by atoms with E-state index in [2.05, 4.69) is 30.7 Å². The number of carbonyl (C=O) groups excluding carboxylic acids is 1. The van der Waals surface area contributed by atoms with Gasteiger partial charge in [0, 0.05) is 49.6 Å². The van der Waals surface area contributed by atoms with Crippen molar-refractivity contribution in [1.82, 2.24) is 15.5 Å². The number of hydrogen-bond acceptors (Lipinski definition) is 6. The van der Waals surface area contributed by atoms with Crippen LogP contribution >= 0.6 is 0 Å². The van der Waals surface area contributed by atoms with Gasteiger partial charge in [-0.1, -0.05) is 24.3 Å². The van der Waals surface area contributed by atoms with Crippen molar-refractivity contribution in [2.24, 2.45) is 4.99 Å². The molecule has 4 rings (SSSR count). The number of urea groups is 1. The van der Waals surface area contributed by atoms with Crippen LogP contribution in [0, 0.1) is 11.2 Å². The minimum Gasteiger partial charge on any atom is -0.354 e. The molecule has 0 aliphatic carbocycles. The van der Waals surface area contributed by atoms with Crippen LogP contribution in [0.25, 0.3) is 10.8 Å². The maximum Gasteiger partial charge on any atom is 0.418 e. The maximum atomic E-state index is 13.3. The second-order valence-corrected chi connectivity index (χ2v) is 8.54. The molecule has 2 amide bonds. The number of aliphatic imine (C=N–C) groups is 1. The van der Waals surface area contributed by atoms with Crippen LogP contribution in [0.5, 0.6) is 0 Å². The summed E-state index contributed by atoms with van der Waals surface area (Å²) >= 11 is 0. The maximum absolute atomic E-state index is 13.3. The zero-order valence-corrected chi connectivity index (χ0v) is 19.9. The zero-order chi connectivity index (χ0) is 26.6. The summed E-state index contributed by atoms with van der Waals surface area (Å²) in [5.41, 5.74) is -0.474. The van der Waals surface area contributed by atoms with E-state index in [1.54, 1.807) is 7.05 Å². The largest absolute Gasteiger partial charge is 0.418 e. The first kappa shape index (κ1) is 26.0. The summed E-state index contributed by atoms with van der Waals surface area (Å²) in [5, 5.41) is 22.9. The first-order chi connectivity index (χ1) is 17.7. The fourth-order valence-electron chi connectivity index (χ4n) is 4.37. The molecule has 0 saturated carbocycles. The summed E-state index contributed by atoms with van der Waals surface area (Å²) in [6.07, 6.45) is -2.12. The molecule has 0 atom stereocenters. The molecule has 1 fully saturated rings. The van der Waals surface area contributed by atoms with Crippen LogP contribution in [0.15, 0.2) is 47.5 Å². The van der Waals surface area contributed by atoms with Crippen molar-refractivity contribution in [1.29, 1.82) is 5.41 Å². The first-order valence-electron chi connectivity index (χ1n) is 11.6. The van der Waals surface area contributed by atoms with Gasteiger partial charge in [-0.15, -0.1) is 10.2 Å². The SMILES string of the molecule is CN=C(CC=N)c1nnc(N2CCC(NC(=O)Nc3ccc(F)cc3C(F)(F)F)CC2)c2ccccc12. The van der Waals surface area contributed by atoms with E-state index in [0.29, 0.717) is 55.6 Å². The highest BCUT2D eigenvalue weighted by Gasteiger charge is 2.34. The fraction of sp³-hybridized carbons (Fsp3) is 0.320. The molecule has 0 radical (unpaired) electrons. The van der Waals surface area contributed by atoms with Crippen LogP contribution in [0.1, 0.15) is 30.5 Å². The van der Waals surface area contributed by atoms with Gasteiger partial charge in [0.2, 0.25) is 0 Å². The third-order valence-electron chi connectivity index (χ3n) is 6.17. The first-order valence-corrected chi connectivity index (χ1v) is 11.6. The Labute approximate surface area is 210 Å². The van der Waals surface area contributed by atoms with Gasteiger partial charge >= 0.3 is 12.2 Å². The number of halogens is 4. The number of alkyl halides is 3. The van der Waals surface area contributed by atoms with Gasteiger partial charge in [0.05, 0.1) is 17.0 Å². The molecule has 8 nitrogen and oxygen atoms in total. The van der Waals surface area contributed by atoms with Crippen LogP contribution in [-0.2, 0) is 6.18 Å². The molecule has 12 heteroatoms. The summed E-state index contributed by atoms with van der Waals surface area (Å²) in [6.45, 7) is 1.09. The molecule has 194 valence electrons. The number of benzene rings is 2. The molecule has 3 N–H and O–H groups in total. The summed E-state index contributed by atoms with van der Waals surface area (Å²) in [5.74, 6) is -0.351. The zero-order valence-electron chi connectivity index (χ0n) is 19.9. The Balaban J connectivity index is 1.44. The van der Waals surface area contributed by atoms with Gasteiger partial charge in [-0.25, -0.2) is 9.18 Å². The van der Waals surface area contributed by atoms with Crippen LogP contribution in [0.2, 0.25) is 0 Å². The summed E-state index contributed by atoms with van der Waals surface area (Å²) < 4.78 is 52.9. The van der Waals surface area contributed by atoms with Gasteiger partial charge in [-0.3, -0.25) is 4.99 Å². The van der Waals surface area contributed by atoms with Crippen molar-refractivity contribution >= 4 is 40.2 Å². The van der Waals surface area contributed by atoms with Crippen LogP contribution in [0.3, 0.4) is 0 Å². The number of piperidine rings is 1. The second-order valence-electron chi connectivity index (χ2n) is 8.54. The van der Waals surface area contributed by atoms with Crippen molar-refractivity contribution in [2.75, 3.05) is 30.4 Å². The molecule has 0 unspecified atom stereocenters.